The zero-order valence-electron chi connectivity index (χ0n) is 19.3. The molecular weight excluding hydrogens is 386 g/mol. The Morgan fingerprint density at radius 1 is 1.17 bits per heavy atom. The molecule has 1 aromatic rings. The first kappa shape index (κ1) is 22.9. The van der Waals surface area contributed by atoms with E-state index in [-0.39, 0.29) is 5.41 Å². The summed E-state index contributed by atoms with van der Waals surface area (Å²) in [5, 5.41) is 0.931. The minimum atomic E-state index is -0.00518. The van der Waals surface area contributed by atoms with Gasteiger partial charge in [-0.2, -0.15) is 0 Å². The third kappa shape index (κ3) is 4.62. The molecule has 0 aromatic heterocycles. The number of hydrogen-bond acceptors (Lipinski definition) is 1. The van der Waals surface area contributed by atoms with Gasteiger partial charge in [-0.25, -0.2) is 0 Å². The van der Waals surface area contributed by atoms with E-state index in [4.69, 9.17) is 11.6 Å². The van der Waals surface area contributed by atoms with Crippen LogP contribution in [-0.4, -0.2) is 6.54 Å². The highest BCUT2D eigenvalue weighted by Gasteiger charge is 2.39. The highest BCUT2D eigenvalue weighted by atomic mass is 35.5. The third-order valence-electron chi connectivity index (χ3n) is 6.55. The molecule has 1 heterocycles. The van der Waals surface area contributed by atoms with E-state index < -0.39 is 0 Å². The first-order valence-corrected chi connectivity index (χ1v) is 11.8. The zero-order chi connectivity index (χ0) is 21.9. The minimum Gasteiger partial charge on any atom is -0.344 e. The summed E-state index contributed by atoms with van der Waals surface area (Å²) in [6.07, 6.45) is 13.4. The van der Waals surface area contributed by atoms with Gasteiger partial charge in [-0.15, -0.1) is 0 Å². The van der Waals surface area contributed by atoms with E-state index in [2.05, 4.69) is 95.0 Å². The first-order chi connectivity index (χ1) is 14.3. The van der Waals surface area contributed by atoms with E-state index >= 15 is 0 Å². The van der Waals surface area contributed by atoms with Crippen LogP contribution in [0.15, 0.2) is 70.4 Å². The Kier molecular flexibility index (Phi) is 7.34. The van der Waals surface area contributed by atoms with Gasteiger partial charge >= 0.3 is 0 Å². The summed E-state index contributed by atoms with van der Waals surface area (Å²) in [5.74, 6) is 0.860. The highest BCUT2D eigenvalue weighted by Crippen LogP contribution is 2.47. The van der Waals surface area contributed by atoms with E-state index in [1.54, 1.807) is 0 Å². The lowest BCUT2D eigenvalue weighted by molar-refractivity contribution is 0.546. The molecule has 1 atom stereocenters. The molecule has 0 fully saturated rings. The molecule has 0 amide bonds. The Balaban J connectivity index is 1.95. The lowest BCUT2D eigenvalue weighted by atomic mass is 9.83. The van der Waals surface area contributed by atoms with Crippen molar-refractivity contribution in [3.63, 3.8) is 0 Å². The average Bonchev–Trinajstić information content (AvgIpc) is 2.93. The lowest BCUT2D eigenvalue weighted by Crippen LogP contribution is -2.26. The Hall–Kier alpha value is -1.73. The van der Waals surface area contributed by atoms with Crippen molar-refractivity contribution in [3.05, 3.63) is 82.9 Å². The van der Waals surface area contributed by atoms with Crippen LogP contribution in [-0.2, 0) is 5.41 Å². The van der Waals surface area contributed by atoms with Gasteiger partial charge in [0.25, 0.3) is 0 Å². The van der Waals surface area contributed by atoms with Crippen molar-refractivity contribution in [2.45, 2.75) is 65.7 Å². The molecule has 161 valence electrons. The molecule has 30 heavy (non-hydrogen) atoms. The van der Waals surface area contributed by atoms with Gasteiger partial charge in [0, 0.05) is 28.4 Å². The number of fused-ring (bicyclic) bond motifs is 1. The predicted octanol–water partition coefficient (Wildman–Crippen LogP) is 8.34. The molecule has 1 aliphatic carbocycles. The molecule has 0 spiro atoms. The molecular formula is C28H37ClN. The van der Waals surface area contributed by atoms with Crippen molar-refractivity contribution in [1.29, 1.82) is 0 Å². The SMILES string of the molecule is [CH2]C(C=CC1=C(Cl)/C(=C/C=C2N(CCC)c3ccccc3C2(C)C)CCC1)C(C)C. The monoisotopic (exact) mass is 422 g/mol. The number of allylic oxidation sites excluding steroid dienone is 8. The van der Waals surface area contributed by atoms with Crippen molar-refractivity contribution >= 4 is 17.3 Å². The summed E-state index contributed by atoms with van der Waals surface area (Å²) in [6, 6.07) is 8.82. The standard InChI is InChI=1S/C28H37ClN/c1-7-19-30-25-14-9-8-13-24(25)28(5,6)26(30)18-17-23-12-10-11-22(27(23)29)16-15-21(4)20(2)3/h8-9,13-18,20-21H,4,7,10-12,19H2,1-3,5-6H3/b16-15?,23-17+,26-18?. The van der Waals surface area contributed by atoms with Gasteiger partial charge in [0.15, 0.2) is 0 Å². The van der Waals surface area contributed by atoms with Crippen molar-refractivity contribution in [2.75, 3.05) is 11.4 Å². The molecule has 1 nitrogen and oxygen atoms in total. The maximum absolute atomic E-state index is 6.85. The molecule has 1 aromatic carbocycles. The molecule has 2 aliphatic rings. The van der Waals surface area contributed by atoms with Gasteiger partial charge in [0.05, 0.1) is 0 Å². The van der Waals surface area contributed by atoms with Crippen LogP contribution >= 0.6 is 11.6 Å². The van der Waals surface area contributed by atoms with E-state index in [9.17, 15) is 0 Å². The van der Waals surface area contributed by atoms with Crippen molar-refractivity contribution in [3.8, 4) is 0 Å². The number of benzene rings is 1. The van der Waals surface area contributed by atoms with Crippen LogP contribution in [0.3, 0.4) is 0 Å². The zero-order valence-corrected chi connectivity index (χ0v) is 20.1. The van der Waals surface area contributed by atoms with Crippen LogP contribution in [0, 0.1) is 18.8 Å². The second kappa shape index (κ2) is 9.60. The van der Waals surface area contributed by atoms with Crippen molar-refractivity contribution in [1.82, 2.24) is 0 Å². The van der Waals surface area contributed by atoms with Gasteiger partial charge in [0.1, 0.15) is 0 Å². The normalized spacial score (nSPS) is 22.6. The van der Waals surface area contributed by atoms with Gasteiger partial charge in [0.2, 0.25) is 0 Å². The number of nitrogens with zero attached hydrogens (tertiary/aromatic N) is 1. The van der Waals surface area contributed by atoms with Crippen LogP contribution in [0.5, 0.6) is 0 Å². The van der Waals surface area contributed by atoms with Crippen molar-refractivity contribution < 1.29 is 0 Å². The quantitative estimate of drug-likeness (QED) is 0.445. The Labute approximate surface area is 189 Å². The molecule has 2 heteroatoms. The second-order valence-corrected chi connectivity index (χ2v) is 9.88. The van der Waals surface area contributed by atoms with Gasteiger partial charge < -0.3 is 4.90 Å². The molecule has 0 bridgehead atoms. The van der Waals surface area contributed by atoms with Gasteiger partial charge in [-0.05, 0) is 73.3 Å². The number of para-hydroxylation sites is 1. The van der Waals surface area contributed by atoms with E-state index in [1.807, 2.05) is 0 Å². The molecule has 0 saturated carbocycles. The summed E-state index contributed by atoms with van der Waals surface area (Å²) in [7, 11) is 0. The molecule has 3 rings (SSSR count). The molecule has 0 N–H and O–H groups in total. The maximum Gasteiger partial charge on any atom is 0.0469 e. The summed E-state index contributed by atoms with van der Waals surface area (Å²) in [4.78, 5) is 2.49. The molecule has 1 unspecified atom stereocenters. The summed E-state index contributed by atoms with van der Waals surface area (Å²) >= 11 is 6.85. The molecule has 0 saturated heterocycles. The summed E-state index contributed by atoms with van der Waals surface area (Å²) in [6.45, 7) is 16.6. The van der Waals surface area contributed by atoms with Crippen LogP contribution in [0.4, 0.5) is 5.69 Å². The molecule has 1 radical (unpaired) electrons. The number of rotatable bonds is 6. The largest absolute Gasteiger partial charge is 0.344 e. The van der Waals surface area contributed by atoms with E-state index in [0.29, 0.717) is 11.8 Å². The number of hydrogen-bond donors (Lipinski definition) is 0. The van der Waals surface area contributed by atoms with Gasteiger partial charge in [-0.3, -0.25) is 0 Å². The van der Waals surface area contributed by atoms with Gasteiger partial charge in [-0.1, -0.05) is 82.6 Å². The summed E-state index contributed by atoms with van der Waals surface area (Å²) < 4.78 is 0. The van der Waals surface area contributed by atoms with Crippen LogP contribution in [0.1, 0.15) is 65.9 Å². The average molecular weight is 423 g/mol. The predicted molar refractivity (Wildman–Crippen MR) is 133 cm³/mol. The fraction of sp³-hybridized carbons (Fsp3) is 0.464. The summed E-state index contributed by atoms with van der Waals surface area (Å²) in [5.41, 5.74) is 6.62. The lowest BCUT2D eigenvalue weighted by Gasteiger charge is -2.27. The van der Waals surface area contributed by atoms with Crippen LogP contribution in [0.2, 0.25) is 0 Å². The van der Waals surface area contributed by atoms with E-state index in [1.165, 1.54) is 28.1 Å². The smallest absolute Gasteiger partial charge is 0.0469 e. The number of anilines is 1. The fourth-order valence-electron chi connectivity index (χ4n) is 4.45. The highest BCUT2D eigenvalue weighted by molar-refractivity contribution is 6.32. The minimum absolute atomic E-state index is 0.00518. The molecule has 1 aliphatic heterocycles. The van der Waals surface area contributed by atoms with Crippen molar-refractivity contribution in [2.24, 2.45) is 11.8 Å². The third-order valence-corrected chi connectivity index (χ3v) is 7.03. The first-order valence-electron chi connectivity index (χ1n) is 11.5. The topological polar surface area (TPSA) is 3.24 Å². The second-order valence-electron chi connectivity index (χ2n) is 9.50. The Bertz CT molecular complexity index is 882. The Morgan fingerprint density at radius 2 is 1.90 bits per heavy atom. The Morgan fingerprint density at radius 3 is 2.60 bits per heavy atom. The van der Waals surface area contributed by atoms with Crippen LogP contribution in [0.25, 0.3) is 0 Å². The fourth-order valence-corrected chi connectivity index (χ4v) is 4.77. The maximum atomic E-state index is 6.85. The van der Waals surface area contributed by atoms with Crippen LogP contribution < -0.4 is 4.90 Å². The number of halogens is 1. The van der Waals surface area contributed by atoms with E-state index in [0.717, 1.165) is 37.3 Å².